The second-order valence-electron chi connectivity index (χ2n) is 16.5. The van der Waals surface area contributed by atoms with Crippen molar-refractivity contribution in [2.75, 3.05) is 4.90 Å². The highest BCUT2D eigenvalue weighted by atomic mass is 16.3. The van der Waals surface area contributed by atoms with Gasteiger partial charge in [0.1, 0.15) is 11.2 Å². The summed E-state index contributed by atoms with van der Waals surface area (Å²) >= 11 is 0. The van der Waals surface area contributed by atoms with E-state index in [9.17, 15) is 0 Å². The summed E-state index contributed by atoms with van der Waals surface area (Å²) in [5, 5.41) is 7.05. The van der Waals surface area contributed by atoms with E-state index in [1.807, 2.05) is 0 Å². The summed E-state index contributed by atoms with van der Waals surface area (Å²) in [7, 11) is 0. The van der Waals surface area contributed by atoms with Crippen LogP contribution in [0.4, 0.5) is 17.1 Å². The third-order valence-electron chi connectivity index (χ3n) is 12.7. The van der Waals surface area contributed by atoms with Gasteiger partial charge in [0.05, 0.1) is 0 Å². The quantitative estimate of drug-likeness (QED) is 0.152. The van der Waals surface area contributed by atoms with Crippen molar-refractivity contribution in [3.63, 3.8) is 0 Å². The van der Waals surface area contributed by atoms with Crippen molar-refractivity contribution in [3.05, 3.63) is 249 Å². The Morgan fingerprint density at radius 1 is 0.266 bits per heavy atom. The first-order valence-corrected chi connectivity index (χ1v) is 21.9. The molecule has 0 spiro atoms. The topological polar surface area (TPSA) is 16.4 Å². The van der Waals surface area contributed by atoms with Crippen LogP contribution in [0.5, 0.6) is 0 Å². The fourth-order valence-electron chi connectivity index (χ4n) is 9.39. The van der Waals surface area contributed by atoms with Gasteiger partial charge >= 0.3 is 0 Å². The minimum absolute atomic E-state index is 0.888. The minimum Gasteiger partial charge on any atom is -0.455 e. The number of rotatable bonds is 8. The third kappa shape index (κ3) is 6.79. The van der Waals surface area contributed by atoms with E-state index in [1.165, 1.54) is 60.7 Å². The normalized spacial score (nSPS) is 11.4. The van der Waals surface area contributed by atoms with Crippen molar-refractivity contribution in [1.82, 2.24) is 0 Å². The second kappa shape index (κ2) is 15.8. The summed E-state index contributed by atoms with van der Waals surface area (Å²) in [6.45, 7) is 0. The van der Waals surface area contributed by atoms with Gasteiger partial charge in [0.2, 0.25) is 0 Å². The lowest BCUT2D eigenvalue weighted by Gasteiger charge is -2.26. The van der Waals surface area contributed by atoms with Crippen LogP contribution >= 0.6 is 0 Å². The van der Waals surface area contributed by atoms with E-state index in [1.54, 1.807) is 0 Å². The first kappa shape index (κ1) is 37.3. The Balaban J connectivity index is 0.933. The van der Waals surface area contributed by atoms with Crippen molar-refractivity contribution in [1.29, 1.82) is 0 Å². The molecule has 0 atom stereocenters. The summed E-state index contributed by atoms with van der Waals surface area (Å²) in [5.41, 5.74) is 16.9. The molecule has 0 bridgehead atoms. The molecule has 0 aliphatic rings. The smallest absolute Gasteiger partial charge is 0.143 e. The zero-order valence-corrected chi connectivity index (χ0v) is 35.0. The summed E-state index contributed by atoms with van der Waals surface area (Å²) < 4.78 is 6.61. The molecule has 64 heavy (non-hydrogen) atoms. The van der Waals surface area contributed by atoms with Gasteiger partial charge in [0.25, 0.3) is 0 Å². The van der Waals surface area contributed by atoms with Crippen molar-refractivity contribution in [3.8, 4) is 55.6 Å². The fourth-order valence-corrected chi connectivity index (χ4v) is 9.39. The lowest BCUT2D eigenvalue weighted by Crippen LogP contribution is -2.10. The Labute approximate surface area is 372 Å². The highest BCUT2D eigenvalue weighted by Gasteiger charge is 2.18. The molecule has 0 N–H and O–H groups in total. The van der Waals surface area contributed by atoms with Crippen molar-refractivity contribution in [2.24, 2.45) is 0 Å². The van der Waals surface area contributed by atoms with Crippen molar-refractivity contribution >= 4 is 60.5 Å². The van der Waals surface area contributed by atoms with Gasteiger partial charge in [0, 0.05) is 33.2 Å². The molecule has 11 aromatic carbocycles. The van der Waals surface area contributed by atoms with Crippen LogP contribution in [0.2, 0.25) is 0 Å². The van der Waals surface area contributed by atoms with Crippen LogP contribution < -0.4 is 4.90 Å². The SMILES string of the molecule is c1ccc(-c2ccc(-c3ccc(N(c4ccc(-c5cccc(-c6ccc7ccccc7c6)c5)cc4)c4cccc(-c5cccc6oc7c8ccccc8ccc7c56)c4)cc3)cc2)cc1. The van der Waals surface area contributed by atoms with Crippen molar-refractivity contribution < 1.29 is 4.42 Å². The van der Waals surface area contributed by atoms with E-state index in [4.69, 9.17) is 4.42 Å². The van der Waals surface area contributed by atoms with E-state index >= 15 is 0 Å². The first-order chi connectivity index (χ1) is 31.7. The van der Waals surface area contributed by atoms with Gasteiger partial charge in [-0.1, -0.05) is 188 Å². The molecular weight excluding hydrogens is 775 g/mol. The van der Waals surface area contributed by atoms with E-state index in [0.717, 1.165) is 55.5 Å². The van der Waals surface area contributed by atoms with Gasteiger partial charge < -0.3 is 9.32 Å². The van der Waals surface area contributed by atoms with E-state index in [2.05, 4.69) is 254 Å². The van der Waals surface area contributed by atoms with E-state index in [0.29, 0.717) is 0 Å². The molecule has 0 aliphatic heterocycles. The monoisotopic (exact) mass is 815 g/mol. The van der Waals surface area contributed by atoms with Crippen LogP contribution in [0.25, 0.3) is 99.1 Å². The van der Waals surface area contributed by atoms with E-state index < -0.39 is 0 Å². The standard InChI is InChI=1S/C62H41NO/c1-2-11-42(12-3-1)44-23-25-45(26-24-44)46-29-34-54(35-30-46)63(55-36-31-47(32-37-55)50-16-8-17-51(39-50)52-28-27-43-13-4-5-15-49(43)40-52)56-19-9-18-53(41-56)57-21-10-22-60-61(57)59-38-33-48-14-6-7-20-58(48)62(59)64-60/h1-41H. The van der Waals surface area contributed by atoms with Gasteiger partial charge in [-0.05, 0) is 132 Å². The average molecular weight is 816 g/mol. The van der Waals surface area contributed by atoms with Gasteiger partial charge in [-0.25, -0.2) is 0 Å². The molecule has 0 aliphatic carbocycles. The number of benzene rings is 11. The molecule has 12 rings (SSSR count). The van der Waals surface area contributed by atoms with Crippen molar-refractivity contribution in [2.45, 2.75) is 0 Å². The lowest BCUT2D eigenvalue weighted by molar-refractivity contribution is 0.673. The molecule has 12 aromatic rings. The molecule has 1 heterocycles. The molecule has 2 heteroatoms. The summed E-state index contributed by atoms with van der Waals surface area (Å²) in [6, 6.07) is 89.6. The Kier molecular flexibility index (Phi) is 9.20. The van der Waals surface area contributed by atoms with E-state index in [-0.39, 0.29) is 0 Å². The predicted octanol–water partition coefficient (Wildman–Crippen LogP) is 17.7. The van der Waals surface area contributed by atoms with Crippen LogP contribution in [-0.2, 0) is 0 Å². The average Bonchev–Trinajstić information content (AvgIpc) is 3.77. The zero-order chi connectivity index (χ0) is 42.4. The maximum absolute atomic E-state index is 6.61. The number of hydrogen-bond donors (Lipinski definition) is 0. The Morgan fingerprint density at radius 3 is 1.50 bits per heavy atom. The molecule has 0 radical (unpaired) electrons. The lowest BCUT2D eigenvalue weighted by atomic mass is 9.96. The predicted molar refractivity (Wildman–Crippen MR) is 271 cm³/mol. The Hall–Kier alpha value is -8.46. The number of nitrogens with zero attached hydrogens (tertiary/aromatic N) is 1. The molecule has 2 nitrogen and oxygen atoms in total. The largest absolute Gasteiger partial charge is 0.455 e. The molecule has 0 saturated heterocycles. The van der Waals surface area contributed by atoms with Gasteiger partial charge in [0.15, 0.2) is 0 Å². The molecule has 0 saturated carbocycles. The highest BCUT2D eigenvalue weighted by molar-refractivity contribution is 6.19. The molecule has 0 fully saturated rings. The van der Waals surface area contributed by atoms with Crippen LogP contribution in [0, 0.1) is 0 Å². The fraction of sp³-hybridized carbons (Fsp3) is 0. The van der Waals surface area contributed by atoms with Crippen LogP contribution in [-0.4, -0.2) is 0 Å². The number of anilines is 3. The molecular formula is C62H41NO. The molecule has 0 unspecified atom stereocenters. The molecule has 0 amide bonds. The second-order valence-corrected chi connectivity index (χ2v) is 16.5. The summed E-state index contributed by atoms with van der Waals surface area (Å²) in [5.74, 6) is 0. The Bertz CT molecular complexity index is 3640. The van der Waals surface area contributed by atoms with Gasteiger partial charge in [-0.2, -0.15) is 0 Å². The zero-order valence-electron chi connectivity index (χ0n) is 35.0. The van der Waals surface area contributed by atoms with Crippen LogP contribution in [0.1, 0.15) is 0 Å². The maximum atomic E-state index is 6.61. The number of furan rings is 1. The number of hydrogen-bond acceptors (Lipinski definition) is 2. The van der Waals surface area contributed by atoms with Gasteiger partial charge in [-0.3, -0.25) is 0 Å². The molecule has 300 valence electrons. The van der Waals surface area contributed by atoms with Gasteiger partial charge in [-0.15, -0.1) is 0 Å². The summed E-state index contributed by atoms with van der Waals surface area (Å²) in [4.78, 5) is 2.36. The Morgan fingerprint density at radius 2 is 0.766 bits per heavy atom. The van der Waals surface area contributed by atoms with Crippen LogP contribution in [0.3, 0.4) is 0 Å². The molecule has 1 aromatic heterocycles. The van der Waals surface area contributed by atoms with Crippen LogP contribution in [0.15, 0.2) is 253 Å². The first-order valence-electron chi connectivity index (χ1n) is 21.9. The minimum atomic E-state index is 0.888. The highest BCUT2D eigenvalue weighted by Crippen LogP contribution is 2.43. The summed E-state index contributed by atoms with van der Waals surface area (Å²) in [6.07, 6.45) is 0. The third-order valence-corrected chi connectivity index (χ3v) is 12.7. The maximum Gasteiger partial charge on any atom is 0.143 e. The number of fused-ring (bicyclic) bond motifs is 6.